The minimum Gasteiger partial charge on any atom is -0.495 e. The average Bonchev–Trinajstić information content (AvgIpc) is 2.42. The van der Waals surface area contributed by atoms with Crippen molar-refractivity contribution in [3.05, 3.63) is 22.2 Å². The first-order chi connectivity index (χ1) is 9.15. The van der Waals surface area contributed by atoms with Crippen LogP contribution in [0.5, 0.6) is 5.75 Å². The van der Waals surface area contributed by atoms with Crippen molar-refractivity contribution in [3.63, 3.8) is 0 Å². The fraction of sp³-hybridized carbons (Fsp3) is 0.625. The second-order valence-corrected chi connectivity index (χ2v) is 6.42. The van der Waals surface area contributed by atoms with Crippen molar-refractivity contribution < 1.29 is 4.74 Å². The second-order valence-electron chi connectivity index (χ2n) is 5.50. The topological polar surface area (TPSA) is 21.3 Å². The van der Waals surface area contributed by atoms with E-state index in [0.29, 0.717) is 6.04 Å². The summed E-state index contributed by atoms with van der Waals surface area (Å²) < 4.78 is 6.60. The van der Waals surface area contributed by atoms with Gasteiger partial charge in [0.15, 0.2) is 0 Å². The third-order valence-electron chi connectivity index (χ3n) is 4.25. The number of aryl methyl sites for hydroxylation is 1. The van der Waals surface area contributed by atoms with E-state index in [1.165, 1.54) is 37.7 Å². The third-order valence-corrected chi connectivity index (χ3v) is 4.71. The zero-order valence-electron chi connectivity index (χ0n) is 12.1. The lowest BCUT2D eigenvalue weighted by atomic mass is 9.82. The summed E-state index contributed by atoms with van der Waals surface area (Å²) in [7, 11) is 1.74. The lowest BCUT2D eigenvalue weighted by molar-refractivity contribution is 0.316. The molecule has 0 saturated heterocycles. The normalized spacial score (nSPS) is 23.2. The van der Waals surface area contributed by atoms with Gasteiger partial charge in [0.2, 0.25) is 0 Å². The Hall–Kier alpha value is -0.700. The van der Waals surface area contributed by atoms with Gasteiger partial charge in [-0.2, -0.15) is 0 Å². The summed E-state index contributed by atoms with van der Waals surface area (Å²) in [4.78, 5) is 0. The van der Waals surface area contributed by atoms with Crippen molar-refractivity contribution in [1.29, 1.82) is 0 Å². The number of ether oxygens (including phenoxy) is 1. The molecular formula is C16H24BrNO. The van der Waals surface area contributed by atoms with Crippen molar-refractivity contribution in [2.45, 2.75) is 52.0 Å². The molecule has 0 amide bonds. The lowest BCUT2D eigenvalue weighted by Crippen LogP contribution is -2.32. The maximum Gasteiger partial charge on any atom is 0.143 e. The summed E-state index contributed by atoms with van der Waals surface area (Å²) in [5.41, 5.74) is 2.41. The van der Waals surface area contributed by atoms with Crippen molar-refractivity contribution >= 4 is 21.6 Å². The van der Waals surface area contributed by atoms with E-state index in [0.717, 1.165) is 21.8 Å². The monoisotopic (exact) mass is 325 g/mol. The highest BCUT2D eigenvalue weighted by molar-refractivity contribution is 9.10. The molecule has 2 rings (SSSR count). The van der Waals surface area contributed by atoms with E-state index in [1.807, 2.05) is 6.07 Å². The largest absolute Gasteiger partial charge is 0.495 e. The second kappa shape index (κ2) is 6.65. The Morgan fingerprint density at radius 2 is 2.05 bits per heavy atom. The Bertz CT molecular complexity index is 433. The van der Waals surface area contributed by atoms with Gasteiger partial charge in [-0.05, 0) is 43.4 Å². The maximum atomic E-state index is 5.52. The van der Waals surface area contributed by atoms with Crippen LogP contribution >= 0.6 is 15.9 Å². The molecule has 2 unspecified atom stereocenters. The molecule has 1 fully saturated rings. The first kappa shape index (κ1) is 14.7. The molecule has 0 heterocycles. The van der Waals surface area contributed by atoms with E-state index in [1.54, 1.807) is 7.11 Å². The predicted molar refractivity (Wildman–Crippen MR) is 85.1 cm³/mol. The molecule has 0 spiro atoms. The van der Waals surface area contributed by atoms with E-state index >= 15 is 0 Å². The average molecular weight is 326 g/mol. The number of rotatable bonds is 4. The highest BCUT2D eigenvalue weighted by atomic mass is 79.9. The molecular weight excluding hydrogens is 302 g/mol. The molecule has 106 valence electrons. The minimum atomic E-state index is 0.590. The molecule has 1 aromatic rings. The van der Waals surface area contributed by atoms with Gasteiger partial charge in [-0.25, -0.2) is 0 Å². The molecule has 0 radical (unpaired) electrons. The van der Waals surface area contributed by atoms with Crippen LogP contribution in [0.3, 0.4) is 0 Å². The summed E-state index contributed by atoms with van der Waals surface area (Å²) in [6.07, 6.45) is 6.61. The van der Waals surface area contributed by atoms with Crippen LogP contribution in [0.4, 0.5) is 5.69 Å². The Balaban J connectivity index is 2.22. The van der Waals surface area contributed by atoms with Crippen LogP contribution < -0.4 is 10.1 Å². The van der Waals surface area contributed by atoms with Gasteiger partial charge >= 0.3 is 0 Å². The number of benzene rings is 1. The number of methoxy groups -OCH3 is 1. The molecule has 1 saturated carbocycles. The van der Waals surface area contributed by atoms with Crippen molar-refractivity contribution in [3.8, 4) is 5.75 Å². The Kier molecular flexibility index (Phi) is 5.14. The lowest BCUT2D eigenvalue weighted by Gasteiger charge is -2.33. The number of hydrogen-bond donors (Lipinski definition) is 1. The number of nitrogens with one attached hydrogen (secondary N) is 1. The first-order valence-corrected chi connectivity index (χ1v) is 8.05. The SMILES string of the molecule is CCC1CCCCC1Nc1c(C)cc(Br)cc1OC. The van der Waals surface area contributed by atoms with E-state index in [2.05, 4.69) is 41.2 Å². The van der Waals surface area contributed by atoms with Gasteiger partial charge in [0.1, 0.15) is 5.75 Å². The first-order valence-electron chi connectivity index (χ1n) is 7.26. The van der Waals surface area contributed by atoms with Crippen LogP contribution in [0.2, 0.25) is 0 Å². The number of hydrogen-bond acceptors (Lipinski definition) is 2. The van der Waals surface area contributed by atoms with Crippen LogP contribution in [0, 0.1) is 12.8 Å². The Morgan fingerprint density at radius 1 is 1.32 bits per heavy atom. The van der Waals surface area contributed by atoms with Gasteiger partial charge in [0, 0.05) is 10.5 Å². The zero-order chi connectivity index (χ0) is 13.8. The standard InChI is InChI=1S/C16H24BrNO/c1-4-12-7-5-6-8-14(12)18-16-11(2)9-13(17)10-15(16)19-3/h9-10,12,14,18H,4-8H2,1-3H3. The molecule has 0 aliphatic heterocycles. The quantitative estimate of drug-likeness (QED) is 0.826. The molecule has 1 N–H and O–H groups in total. The molecule has 19 heavy (non-hydrogen) atoms. The molecule has 1 aromatic carbocycles. The summed E-state index contributed by atoms with van der Waals surface area (Å²) in [6, 6.07) is 4.78. The zero-order valence-corrected chi connectivity index (χ0v) is 13.7. The third kappa shape index (κ3) is 3.44. The van der Waals surface area contributed by atoms with Crippen LogP contribution in [0.15, 0.2) is 16.6 Å². The minimum absolute atomic E-state index is 0.590. The molecule has 0 aromatic heterocycles. The van der Waals surface area contributed by atoms with Crippen molar-refractivity contribution in [2.75, 3.05) is 12.4 Å². The molecule has 2 atom stereocenters. The van der Waals surface area contributed by atoms with Crippen molar-refractivity contribution in [2.24, 2.45) is 5.92 Å². The van der Waals surface area contributed by atoms with E-state index in [-0.39, 0.29) is 0 Å². The van der Waals surface area contributed by atoms with Crippen LogP contribution in [0.1, 0.15) is 44.6 Å². The van der Waals surface area contributed by atoms with Gasteiger partial charge in [0.25, 0.3) is 0 Å². The van der Waals surface area contributed by atoms with Gasteiger partial charge in [-0.1, -0.05) is 42.1 Å². The Morgan fingerprint density at radius 3 is 2.74 bits per heavy atom. The highest BCUT2D eigenvalue weighted by Crippen LogP contribution is 2.36. The summed E-state index contributed by atoms with van der Waals surface area (Å²) in [5, 5.41) is 3.75. The highest BCUT2D eigenvalue weighted by Gasteiger charge is 2.24. The molecule has 3 heteroatoms. The summed E-state index contributed by atoms with van der Waals surface area (Å²) in [5.74, 6) is 1.73. The van der Waals surface area contributed by atoms with E-state index < -0.39 is 0 Å². The maximum absolute atomic E-state index is 5.52. The van der Waals surface area contributed by atoms with E-state index in [9.17, 15) is 0 Å². The van der Waals surface area contributed by atoms with Crippen LogP contribution in [0.25, 0.3) is 0 Å². The van der Waals surface area contributed by atoms with E-state index in [4.69, 9.17) is 4.74 Å². The predicted octanol–water partition coefficient (Wildman–Crippen LogP) is 5.15. The number of anilines is 1. The van der Waals surface area contributed by atoms with Gasteiger partial charge in [-0.15, -0.1) is 0 Å². The summed E-state index contributed by atoms with van der Waals surface area (Å²) >= 11 is 3.53. The smallest absolute Gasteiger partial charge is 0.143 e. The molecule has 2 nitrogen and oxygen atoms in total. The van der Waals surface area contributed by atoms with Gasteiger partial charge in [0.05, 0.1) is 12.8 Å². The fourth-order valence-corrected chi connectivity index (χ4v) is 3.68. The summed E-state index contributed by atoms with van der Waals surface area (Å²) in [6.45, 7) is 4.44. The van der Waals surface area contributed by atoms with Crippen LogP contribution in [-0.2, 0) is 0 Å². The number of halogens is 1. The van der Waals surface area contributed by atoms with Gasteiger partial charge < -0.3 is 10.1 Å². The van der Waals surface area contributed by atoms with Gasteiger partial charge in [-0.3, -0.25) is 0 Å². The van der Waals surface area contributed by atoms with Crippen molar-refractivity contribution in [1.82, 2.24) is 0 Å². The van der Waals surface area contributed by atoms with Crippen LogP contribution in [-0.4, -0.2) is 13.2 Å². The fourth-order valence-electron chi connectivity index (χ4n) is 3.13. The Labute approximate surface area is 125 Å². The molecule has 0 bridgehead atoms. The molecule has 1 aliphatic rings. The molecule has 1 aliphatic carbocycles.